The van der Waals surface area contributed by atoms with E-state index in [-0.39, 0.29) is 17.4 Å². The van der Waals surface area contributed by atoms with E-state index in [9.17, 15) is 14.5 Å². The number of hydrogen-bond acceptors (Lipinski definition) is 3. The van der Waals surface area contributed by atoms with Crippen molar-refractivity contribution in [3.05, 3.63) is 11.6 Å². The molecule has 4 nitrogen and oxygen atoms in total. The van der Waals surface area contributed by atoms with Crippen molar-refractivity contribution in [3.8, 4) is 0 Å². The summed E-state index contributed by atoms with van der Waals surface area (Å²) in [4.78, 5) is 11.4. The van der Waals surface area contributed by atoms with Gasteiger partial charge in [-0.05, 0) is 25.7 Å². The van der Waals surface area contributed by atoms with Gasteiger partial charge in [0.05, 0.1) is 12.8 Å². The fraction of sp³-hybridized carbons (Fsp3) is 0.800. The normalized spacial score (nSPS) is 20.9. The van der Waals surface area contributed by atoms with Crippen molar-refractivity contribution in [1.29, 1.82) is 0 Å². The lowest BCUT2D eigenvalue weighted by Crippen LogP contribution is -2.15. The van der Waals surface area contributed by atoms with Crippen LogP contribution in [0.5, 0.6) is 0 Å². The number of hydrogen-bond donors (Lipinski definition) is 1. The van der Waals surface area contributed by atoms with Crippen LogP contribution in [0.4, 0.5) is 0 Å². The van der Waals surface area contributed by atoms with Crippen LogP contribution in [0.2, 0.25) is 0 Å². The third-order valence-corrected chi connectivity index (χ3v) is 6.94. The smallest absolute Gasteiger partial charge is 0.331 e. The van der Waals surface area contributed by atoms with Gasteiger partial charge in [0.1, 0.15) is 0 Å². The first-order chi connectivity index (χ1) is 9.39. The topological polar surface area (TPSA) is 63.6 Å². The van der Waals surface area contributed by atoms with E-state index in [2.05, 4.69) is 0 Å². The first-order valence-corrected chi connectivity index (χ1v) is 9.44. The van der Waals surface area contributed by atoms with Gasteiger partial charge < -0.3 is 9.63 Å². The number of allylic oxidation sites excluding steroid dienone is 1. The molecule has 20 heavy (non-hydrogen) atoms. The average Bonchev–Trinajstić information content (AvgIpc) is 2.39. The van der Waals surface area contributed by atoms with Crippen molar-refractivity contribution in [2.75, 3.05) is 12.8 Å². The molecule has 0 aliphatic heterocycles. The van der Waals surface area contributed by atoms with E-state index in [0.29, 0.717) is 12.5 Å². The minimum Gasteiger partial charge on any atom is -0.478 e. The summed E-state index contributed by atoms with van der Waals surface area (Å²) in [6, 6.07) is 0. The predicted molar refractivity (Wildman–Crippen MR) is 81.5 cm³/mol. The van der Waals surface area contributed by atoms with Crippen molar-refractivity contribution in [1.82, 2.24) is 0 Å². The molecule has 0 radical (unpaired) electrons. The van der Waals surface area contributed by atoms with Crippen LogP contribution in [0, 0.1) is 5.92 Å². The molecule has 116 valence electrons. The summed E-state index contributed by atoms with van der Waals surface area (Å²) in [5.74, 6) is -0.645. The molecule has 1 fully saturated rings. The Hall–Kier alpha value is -0.600. The fourth-order valence-corrected chi connectivity index (χ4v) is 4.52. The molecule has 0 heterocycles. The number of carbonyl (C=O) groups is 1. The SMILES string of the molecule is CCOP(=O)(C/C(=C\C1CCCCC1)C(=O)O)C(C)C. The van der Waals surface area contributed by atoms with Gasteiger partial charge in [0.15, 0.2) is 0 Å². The summed E-state index contributed by atoms with van der Waals surface area (Å²) < 4.78 is 18.2. The molecule has 0 saturated heterocycles. The molecule has 1 aliphatic carbocycles. The van der Waals surface area contributed by atoms with Gasteiger partial charge in [0.2, 0.25) is 7.37 Å². The van der Waals surface area contributed by atoms with Gasteiger partial charge in [-0.25, -0.2) is 4.79 Å². The van der Waals surface area contributed by atoms with Crippen LogP contribution in [0.1, 0.15) is 52.9 Å². The van der Waals surface area contributed by atoms with Crippen LogP contribution in [-0.2, 0) is 13.9 Å². The molecule has 1 rings (SSSR count). The average molecular weight is 302 g/mol. The minimum absolute atomic E-state index is 0.0460. The predicted octanol–water partition coefficient (Wildman–Crippen LogP) is 4.30. The Kier molecular flexibility index (Phi) is 6.97. The first kappa shape index (κ1) is 17.5. The zero-order valence-electron chi connectivity index (χ0n) is 12.8. The number of aliphatic carboxylic acids is 1. The fourth-order valence-electron chi connectivity index (χ4n) is 2.61. The van der Waals surface area contributed by atoms with Gasteiger partial charge in [-0.1, -0.05) is 39.2 Å². The van der Waals surface area contributed by atoms with Crippen LogP contribution in [0.15, 0.2) is 11.6 Å². The lowest BCUT2D eigenvalue weighted by Gasteiger charge is -2.23. The highest BCUT2D eigenvalue weighted by Gasteiger charge is 2.31. The summed E-state index contributed by atoms with van der Waals surface area (Å²) in [5, 5.41) is 9.37. The minimum atomic E-state index is -2.92. The van der Waals surface area contributed by atoms with E-state index in [1.165, 1.54) is 6.42 Å². The molecule has 5 heteroatoms. The number of rotatable bonds is 7. The van der Waals surface area contributed by atoms with Crippen molar-refractivity contribution < 1.29 is 19.0 Å². The molecule has 0 bridgehead atoms. The van der Waals surface area contributed by atoms with Crippen LogP contribution >= 0.6 is 7.37 Å². The summed E-state index contributed by atoms with van der Waals surface area (Å²) in [7, 11) is -2.92. The Labute approximate surface area is 122 Å². The van der Waals surface area contributed by atoms with Gasteiger partial charge in [-0.2, -0.15) is 0 Å². The Morgan fingerprint density at radius 3 is 2.40 bits per heavy atom. The van der Waals surface area contributed by atoms with Crippen molar-refractivity contribution in [3.63, 3.8) is 0 Å². The Bertz CT molecular complexity index is 395. The third kappa shape index (κ3) is 5.06. The molecule has 1 N–H and O–H groups in total. The molecule has 0 amide bonds. The highest BCUT2D eigenvalue weighted by Crippen LogP contribution is 2.53. The molecular weight excluding hydrogens is 275 g/mol. The van der Waals surface area contributed by atoms with Gasteiger partial charge in [0.25, 0.3) is 0 Å². The molecule has 0 spiro atoms. The highest BCUT2D eigenvalue weighted by molar-refractivity contribution is 7.60. The monoisotopic (exact) mass is 302 g/mol. The van der Waals surface area contributed by atoms with Gasteiger partial charge >= 0.3 is 5.97 Å². The summed E-state index contributed by atoms with van der Waals surface area (Å²) in [6.45, 7) is 5.80. The maximum absolute atomic E-state index is 12.7. The Balaban J connectivity index is 2.87. The molecule has 1 aliphatic rings. The maximum Gasteiger partial charge on any atom is 0.331 e. The Morgan fingerprint density at radius 1 is 1.35 bits per heavy atom. The number of carboxylic acid groups (broad SMARTS) is 1. The maximum atomic E-state index is 12.7. The van der Waals surface area contributed by atoms with Gasteiger partial charge in [-0.15, -0.1) is 0 Å². The molecule has 0 aromatic heterocycles. The zero-order chi connectivity index (χ0) is 15.2. The standard InChI is InChI=1S/C15H27O4P/c1-4-19-20(18,12(2)3)11-14(15(16)17)10-13-8-6-5-7-9-13/h10,12-13H,4-9,11H2,1-3H3,(H,16,17)/b14-10+. The largest absolute Gasteiger partial charge is 0.478 e. The van der Waals surface area contributed by atoms with Crippen molar-refractivity contribution in [2.24, 2.45) is 5.92 Å². The molecular formula is C15H27O4P. The molecule has 0 aromatic rings. The zero-order valence-corrected chi connectivity index (χ0v) is 13.7. The van der Waals surface area contributed by atoms with E-state index in [4.69, 9.17) is 4.52 Å². The van der Waals surface area contributed by atoms with E-state index >= 15 is 0 Å². The van der Waals surface area contributed by atoms with Crippen LogP contribution in [0.25, 0.3) is 0 Å². The van der Waals surface area contributed by atoms with E-state index in [0.717, 1.165) is 25.7 Å². The summed E-state index contributed by atoms with van der Waals surface area (Å²) in [5.41, 5.74) is 0.110. The summed E-state index contributed by atoms with van der Waals surface area (Å²) >= 11 is 0. The van der Waals surface area contributed by atoms with Crippen molar-refractivity contribution >= 4 is 13.3 Å². The third-order valence-electron chi connectivity index (χ3n) is 3.89. The lowest BCUT2D eigenvalue weighted by molar-refractivity contribution is -0.132. The Morgan fingerprint density at radius 2 is 1.95 bits per heavy atom. The quantitative estimate of drug-likeness (QED) is 0.562. The van der Waals surface area contributed by atoms with Gasteiger partial charge in [0, 0.05) is 11.2 Å². The summed E-state index contributed by atoms with van der Waals surface area (Å²) in [6.07, 6.45) is 7.49. The van der Waals surface area contributed by atoms with Crippen LogP contribution in [0.3, 0.4) is 0 Å². The second-order valence-corrected chi connectivity index (χ2v) is 8.85. The second kappa shape index (κ2) is 7.99. The highest BCUT2D eigenvalue weighted by atomic mass is 31.2. The van der Waals surface area contributed by atoms with Crippen LogP contribution in [-0.4, -0.2) is 29.5 Å². The van der Waals surface area contributed by atoms with E-state index in [1.54, 1.807) is 6.92 Å². The first-order valence-electron chi connectivity index (χ1n) is 7.56. The molecule has 1 unspecified atom stereocenters. The molecule has 1 saturated carbocycles. The second-order valence-electron chi connectivity index (χ2n) is 5.79. The van der Waals surface area contributed by atoms with Crippen LogP contribution < -0.4 is 0 Å². The molecule has 0 aromatic carbocycles. The van der Waals surface area contributed by atoms with Crippen molar-refractivity contribution in [2.45, 2.75) is 58.5 Å². The molecule has 1 atom stereocenters. The van der Waals surface area contributed by atoms with Gasteiger partial charge in [-0.3, -0.25) is 4.57 Å². The van der Waals surface area contributed by atoms with E-state index < -0.39 is 13.3 Å². The lowest BCUT2D eigenvalue weighted by atomic mass is 9.88. The van der Waals surface area contributed by atoms with E-state index in [1.807, 2.05) is 19.9 Å². The number of carboxylic acids is 1.